The van der Waals surface area contributed by atoms with Gasteiger partial charge >= 0.3 is 5.97 Å². The van der Waals surface area contributed by atoms with E-state index in [9.17, 15) is 14.7 Å². The summed E-state index contributed by atoms with van der Waals surface area (Å²) in [5.41, 5.74) is 1.65. The van der Waals surface area contributed by atoms with Gasteiger partial charge in [0.1, 0.15) is 0 Å². The van der Waals surface area contributed by atoms with Gasteiger partial charge in [0.25, 0.3) is 0 Å². The molecule has 2 aromatic rings. The number of halogens is 1. The molecular formula is C17H16INO3. The predicted octanol–water partition coefficient (Wildman–Crippen LogP) is 3.95. The number of carbonyl (C=O) groups is 2. The van der Waals surface area contributed by atoms with E-state index in [4.69, 9.17) is 0 Å². The summed E-state index contributed by atoms with van der Waals surface area (Å²) in [6, 6.07) is 14.9. The number of aryl methyl sites for hydroxylation is 1. The number of aromatic carboxylic acids is 1. The van der Waals surface area contributed by atoms with Crippen LogP contribution in [-0.2, 0) is 11.2 Å². The maximum Gasteiger partial charge on any atom is 0.337 e. The van der Waals surface area contributed by atoms with E-state index in [-0.39, 0.29) is 11.5 Å². The molecule has 5 heteroatoms. The van der Waals surface area contributed by atoms with Crippen LogP contribution in [-0.4, -0.2) is 17.0 Å². The van der Waals surface area contributed by atoms with Gasteiger partial charge in [-0.3, -0.25) is 4.79 Å². The lowest BCUT2D eigenvalue weighted by molar-refractivity contribution is -0.116. The second kappa shape index (κ2) is 7.93. The number of carboxylic acid groups (broad SMARTS) is 1. The molecule has 0 aliphatic carbocycles. The van der Waals surface area contributed by atoms with Crippen molar-refractivity contribution in [2.24, 2.45) is 0 Å². The van der Waals surface area contributed by atoms with Crippen LogP contribution in [0.5, 0.6) is 0 Å². The first-order chi connectivity index (χ1) is 10.6. The monoisotopic (exact) mass is 409 g/mol. The fourth-order valence-electron chi connectivity index (χ4n) is 2.11. The minimum atomic E-state index is -1.04. The normalized spacial score (nSPS) is 10.2. The van der Waals surface area contributed by atoms with E-state index in [1.807, 2.05) is 52.9 Å². The molecule has 2 rings (SSSR count). The topological polar surface area (TPSA) is 66.4 Å². The highest BCUT2D eigenvalue weighted by molar-refractivity contribution is 14.1. The molecule has 0 aliphatic heterocycles. The molecule has 0 bridgehead atoms. The summed E-state index contributed by atoms with van der Waals surface area (Å²) in [6.07, 6.45) is 1.91. The second-order valence-corrected chi connectivity index (χ2v) is 6.13. The van der Waals surface area contributed by atoms with Gasteiger partial charge in [-0.2, -0.15) is 0 Å². The quantitative estimate of drug-likeness (QED) is 0.711. The molecular weight excluding hydrogens is 393 g/mol. The van der Waals surface area contributed by atoms with Crippen molar-refractivity contribution in [3.05, 3.63) is 63.2 Å². The number of hydrogen-bond donors (Lipinski definition) is 2. The van der Waals surface area contributed by atoms with Crippen molar-refractivity contribution in [2.75, 3.05) is 5.32 Å². The number of hydrogen-bond acceptors (Lipinski definition) is 2. The van der Waals surface area contributed by atoms with Crippen LogP contribution < -0.4 is 5.32 Å². The Bertz CT molecular complexity index is 671. The first-order valence-corrected chi connectivity index (χ1v) is 8.01. The number of anilines is 1. The Labute approximate surface area is 142 Å². The van der Waals surface area contributed by atoms with Gasteiger partial charge in [0.05, 0.1) is 11.3 Å². The summed E-state index contributed by atoms with van der Waals surface area (Å²) in [7, 11) is 0. The minimum Gasteiger partial charge on any atom is -0.478 e. The molecule has 0 saturated carbocycles. The van der Waals surface area contributed by atoms with Crippen molar-refractivity contribution in [3.63, 3.8) is 0 Å². The van der Waals surface area contributed by atoms with Crippen molar-refractivity contribution in [2.45, 2.75) is 19.3 Å². The van der Waals surface area contributed by atoms with Crippen LogP contribution in [0, 0.1) is 3.57 Å². The highest BCUT2D eigenvalue weighted by Gasteiger charge is 2.12. The maximum atomic E-state index is 12.0. The molecule has 2 aromatic carbocycles. The Hall–Kier alpha value is -1.89. The van der Waals surface area contributed by atoms with Crippen molar-refractivity contribution < 1.29 is 14.7 Å². The predicted molar refractivity (Wildman–Crippen MR) is 94.1 cm³/mol. The maximum absolute atomic E-state index is 12.0. The van der Waals surface area contributed by atoms with Crippen LogP contribution in [0.4, 0.5) is 5.69 Å². The molecule has 114 valence electrons. The highest BCUT2D eigenvalue weighted by atomic mass is 127. The molecule has 0 radical (unpaired) electrons. The fourth-order valence-corrected chi connectivity index (χ4v) is 2.60. The van der Waals surface area contributed by atoms with E-state index in [1.54, 1.807) is 18.2 Å². The lowest BCUT2D eigenvalue weighted by atomic mass is 10.1. The summed E-state index contributed by atoms with van der Waals surface area (Å²) in [4.78, 5) is 23.2. The summed E-state index contributed by atoms with van der Waals surface area (Å²) in [5, 5.41) is 11.9. The van der Waals surface area contributed by atoms with Crippen LogP contribution in [0.2, 0.25) is 0 Å². The first kappa shape index (κ1) is 16.5. The fraction of sp³-hybridized carbons (Fsp3) is 0.176. The van der Waals surface area contributed by atoms with Crippen molar-refractivity contribution in [1.82, 2.24) is 0 Å². The smallest absolute Gasteiger partial charge is 0.337 e. The van der Waals surface area contributed by atoms with Gasteiger partial charge in [0, 0.05) is 9.99 Å². The molecule has 0 aromatic heterocycles. The van der Waals surface area contributed by atoms with Crippen molar-refractivity contribution >= 4 is 40.2 Å². The van der Waals surface area contributed by atoms with Gasteiger partial charge in [-0.1, -0.05) is 30.3 Å². The number of nitrogens with one attached hydrogen (secondary N) is 1. The number of carboxylic acids is 1. The number of amides is 1. The average molecular weight is 409 g/mol. The summed E-state index contributed by atoms with van der Waals surface area (Å²) < 4.78 is 0.817. The van der Waals surface area contributed by atoms with Gasteiger partial charge in [-0.25, -0.2) is 4.79 Å². The zero-order chi connectivity index (χ0) is 15.9. The van der Waals surface area contributed by atoms with E-state index in [0.29, 0.717) is 12.1 Å². The summed E-state index contributed by atoms with van der Waals surface area (Å²) in [6.45, 7) is 0. The third-order valence-electron chi connectivity index (χ3n) is 3.20. The second-order valence-electron chi connectivity index (χ2n) is 4.88. The van der Waals surface area contributed by atoms with Crippen LogP contribution in [0.15, 0.2) is 48.5 Å². The van der Waals surface area contributed by atoms with Crippen LogP contribution in [0.1, 0.15) is 28.8 Å². The average Bonchev–Trinajstić information content (AvgIpc) is 2.50. The molecule has 0 unspecified atom stereocenters. The molecule has 0 aliphatic rings. The van der Waals surface area contributed by atoms with Crippen molar-refractivity contribution in [1.29, 1.82) is 0 Å². The van der Waals surface area contributed by atoms with E-state index in [0.717, 1.165) is 16.4 Å². The van der Waals surface area contributed by atoms with Crippen LogP contribution >= 0.6 is 22.6 Å². The lowest BCUT2D eigenvalue weighted by Crippen LogP contribution is -2.14. The molecule has 4 nitrogen and oxygen atoms in total. The third kappa shape index (κ3) is 4.84. The van der Waals surface area contributed by atoms with E-state index < -0.39 is 5.97 Å². The Morgan fingerprint density at radius 1 is 1.09 bits per heavy atom. The van der Waals surface area contributed by atoms with Crippen LogP contribution in [0.3, 0.4) is 0 Å². The Morgan fingerprint density at radius 3 is 2.50 bits per heavy atom. The Kier molecular flexibility index (Phi) is 5.94. The van der Waals surface area contributed by atoms with Gasteiger partial charge in [0.2, 0.25) is 5.91 Å². The molecule has 0 saturated heterocycles. The number of carbonyl (C=O) groups excluding carboxylic acids is 1. The Balaban J connectivity index is 1.91. The standard InChI is InChI=1S/C17H16INO3/c18-13-9-10-15(14(11-13)17(21)22)19-16(20)8-4-7-12-5-2-1-3-6-12/h1-3,5-6,9-11H,4,7-8H2,(H,19,20)(H,21,22). The summed E-state index contributed by atoms with van der Waals surface area (Å²) >= 11 is 2.04. The molecule has 2 N–H and O–H groups in total. The van der Waals surface area contributed by atoms with E-state index in [1.165, 1.54) is 5.56 Å². The molecule has 0 atom stereocenters. The third-order valence-corrected chi connectivity index (χ3v) is 3.87. The molecule has 0 spiro atoms. The summed E-state index contributed by atoms with van der Waals surface area (Å²) in [5.74, 6) is -1.21. The number of rotatable bonds is 6. The lowest BCUT2D eigenvalue weighted by Gasteiger charge is -2.09. The molecule has 22 heavy (non-hydrogen) atoms. The molecule has 1 amide bonds. The highest BCUT2D eigenvalue weighted by Crippen LogP contribution is 2.19. The van der Waals surface area contributed by atoms with E-state index in [2.05, 4.69) is 5.32 Å². The largest absolute Gasteiger partial charge is 0.478 e. The molecule has 0 fully saturated rings. The van der Waals surface area contributed by atoms with Crippen molar-refractivity contribution in [3.8, 4) is 0 Å². The zero-order valence-electron chi connectivity index (χ0n) is 11.9. The SMILES string of the molecule is O=C(CCCc1ccccc1)Nc1ccc(I)cc1C(=O)O. The van der Waals surface area contributed by atoms with Gasteiger partial charge in [0.15, 0.2) is 0 Å². The van der Waals surface area contributed by atoms with Crippen LogP contribution in [0.25, 0.3) is 0 Å². The first-order valence-electron chi connectivity index (χ1n) is 6.93. The Morgan fingerprint density at radius 2 is 1.82 bits per heavy atom. The van der Waals surface area contributed by atoms with E-state index >= 15 is 0 Å². The van der Waals surface area contributed by atoms with Gasteiger partial charge in [-0.15, -0.1) is 0 Å². The van der Waals surface area contributed by atoms with Gasteiger partial charge in [-0.05, 0) is 59.2 Å². The molecule has 0 heterocycles. The zero-order valence-corrected chi connectivity index (χ0v) is 14.0. The van der Waals surface area contributed by atoms with Gasteiger partial charge < -0.3 is 10.4 Å². The minimum absolute atomic E-state index is 0.114. The number of benzene rings is 2.